The molecule has 1 atom stereocenters. The van der Waals surface area contributed by atoms with Crippen LogP contribution in [0.25, 0.3) is 0 Å². The fourth-order valence-corrected chi connectivity index (χ4v) is 2.23. The lowest BCUT2D eigenvalue weighted by Gasteiger charge is -2.30. The van der Waals surface area contributed by atoms with Gasteiger partial charge in [0.1, 0.15) is 5.82 Å². The first-order chi connectivity index (χ1) is 8.91. The first-order valence-corrected chi connectivity index (χ1v) is 6.75. The van der Waals surface area contributed by atoms with Gasteiger partial charge in [0.25, 0.3) is 5.91 Å². The molecule has 1 aromatic rings. The number of aromatic amines is 1. The molecule has 0 aromatic carbocycles. The van der Waals surface area contributed by atoms with Crippen LogP contribution in [0, 0.1) is 5.92 Å². The van der Waals surface area contributed by atoms with Crippen molar-refractivity contribution in [1.29, 1.82) is 0 Å². The van der Waals surface area contributed by atoms with Crippen molar-refractivity contribution in [3.63, 3.8) is 0 Å². The minimum atomic E-state index is -0.152. The summed E-state index contributed by atoms with van der Waals surface area (Å²) in [4.78, 5) is 18.3. The lowest BCUT2D eigenvalue weighted by molar-refractivity contribution is 0.0609. The smallest absolute Gasteiger partial charge is 0.293 e. The standard InChI is InChI=1S/C13H22N4O2/c1-13(2,3)12-14-10(15-16-12)11(19)17-6-4-5-9(7-17)8-18/h9,18H,4-8H2,1-3H3,(H,14,15,16). The number of H-pyrrole nitrogens is 1. The van der Waals surface area contributed by atoms with Gasteiger partial charge in [-0.2, -0.15) is 0 Å². The maximum atomic E-state index is 12.3. The number of carbonyl (C=O) groups is 1. The van der Waals surface area contributed by atoms with Crippen molar-refractivity contribution < 1.29 is 9.90 Å². The van der Waals surface area contributed by atoms with E-state index in [1.54, 1.807) is 4.90 Å². The topological polar surface area (TPSA) is 82.1 Å². The number of likely N-dealkylation sites (tertiary alicyclic amines) is 1. The largest absolute Gasteiger partial charge is 0.396 e. The summed E-state index contributed by atoms with van der Waals surface area (Å²) in [6.07, 6.45) is 1.90. The van der Waals surface area contributed by atoms with Crippen LogP contribution < -0.4 is 0 Å². The second-order valence-electron chi connectivity index (χ2n) is 6.20. The third-order valence-electron chi connectivity index (χ3n) is 3.45. The number of aliphatic hydroxyl groups excluding tert-OH is 1. The molecule has 6 nitrogen and oxygen atoms in total. The SMILES string of the molecule is CC(C)(C)c1nc(C(=O)N2CCCC(CO)C2)n[nH]1. The summed E-state index contributed by atoms with van der Waals surface area (Å²) in [6.45, 7) is 7.49. The summed E-state index contributed by atoms with van der Waals surface area (Å²) < 4.78 is 0. The summed E-state index contributed by atoms with van der Waals surface area (Å²) in [7, 11) is 0. The van der Waals surface area contributed by atoms with E-state index in [4.69, 9.17) is 0 Å². The Hall–Kier alpha value is -1.43. The van der Waals surface area contributed by atoms with Crippen molar-refractivity contribution in [3.8, 4) is 0 Å². The molecule has 1 aliphatic heterocycles. The van der Waals surface area contributed by atoms with Crippen LogP contribution in [0.3, 0.4) is 0 Å². The van der Waals surface area contributed by atoms with Gasteiger partial charge in [0.2, 0.25) is 5.82 Å². The van der Waals surface area contributed by atoms with Gasteiger partial charge in [-0.1, -0.05) is 20.8 Å². The lowest BCUT2D eigenvalue weighted by Crippen LogP contribution is -2.41. The van der Waals surface area contributed by atoms with Gasteiger partial charge in [0, 0.05) is 25.1 Å². The molecule has 1 aliphatic rings. The fraction of sp³-hybridized carbons (Fsp3) is 0.769. The zero-order valence-corrected chi connectivity index (χ0v) is 11.8. The van der Waals surface area contributed by atoms with E-state index < -0.39 is 0 Å². The van der Waals surface area contributed by atoms with Gasteiger partial charge < -0.3 is 10.0 Å². The van der Waals surface area contributed by atoms with Crippen LogP contribution in [-0.2, 0) is 5.41 Å². The summed E-state index contributed by atoms with van der Waals surface area (Å²) >= 11 is 0. The Bertz CT molecular complexity index is 450. The molecule has 0 aliphatic carbocycles. The molecule has 106 valence electrons. The summed E-state index contributed by atoms with van der Waals surface area (Å²) in [5.41, 5.74) is -0.152. The number of amides is 1. The van der Waals surface area contributed by atoms with Gasteiger partial charge in [-0.05, 0) is 18.8 Å². The Morgan fingerprint density at radius 3 is 2.84 bits per heavy atom. The molecule has 2 N–H and O–H groups in total. The van der Waals surface area contributed by atoms with Crippen molar-refractivity contribution in [2.24, 2.45) is 5.92 Å². The summed E-state index contributed by atoms with van der Waals surface area (Å²) in [5.74, 6) is 0.971. The highest BCUT2D eigenvalue weighted by Crippen LogP contribution is 2.20. The average Bonchev–Trinajstić information content (AvgIpc) is 2.87. The van der Waals surface area contributed by atoms with E-state index in [0.717, 1.165) is 12.8 Å². The van der Waals surface area contributed by atoms with Gasteiger partial charge in [0.05, 0.1) is 0 Å². The number of rotatable bonds is 2. The van der Waals surface area contributed by atoms with Gasteiger partial charge in [0.15, 0.2) is 0 Å². The second kappa shape index (κ2) is 5.28. The molecule has 1 amide bonds. The number of nitrogens with zero attached hydrogens (tertiary/aromatic N) is 3. The predicted molar refractivity (Wildman–Crippen MR) is 70.8 cm³/mol. The Morgan fingerprint density at radius 2 is 2.26 bits per heavy atom. The summed E-state index contributed by atoms with van der Waals surface area (Å²) in [5, 5.41) is 16.0. The van der Waals surface area contributed by atoms with Gasteiger partial charge in [-0.15, -0.1) is 5.10 Å². The predicted octanol–water partition coefficient (Wildman–Crippen LogP) is 0.947. The van der Waals surface area contributed by atoms with Crippen molar-refractivity contribution in [1.82, 2.24) is 20.1 Å². The minimum absolute atomic E-state index is 0.130. The van der Waals surface area contributed by atoms with Crippen molar-refractivity contribution in [3.05, 3.63) is 11.6 Å². The molecule has 0 spiro atoms. The number of hydrogen-bond donors (Lipinski definition) is 2. The molecule has 0 saturated carbocycles. The van der Waals surface area contributed by atoms with E-state index in [2.05, 4.69) is 15.2 Å². The number of piperidine rings is 1. The Kier molecular flexibility index (Phi) is 3.89. The first kappa shape index (κ1) is 14.0. The first-order valence-electron chi connectivity index (χ1n) is 6.75. The summed E-state index contributed by atoms with van der Waals surface area (Å²) in [6, 6.07) is 0. The molecule has 19 heavy (non-hydrogen) atoms. The molecule has 2 rings (SSSR count). The average molecular weight is 266 g/mol. The van der Waals surface area contributed by atoms with Crippen molar-refractivity contribution in [2.75, 3.05) is 19.7 Å². The molecule has 6 heteroatoms. The van der Waals surface area contributed by atoms with Crippen LogP contribution in [0.1, 0.15) is 50.1 Å². The minimum Gasteiger partial charge on any atom is -0.396 e. The van der Waals surface area contributed by atoms with Crippen LogP contribution in [0.15, 0.2) is 0 Å². The zero-order valence-electron chi connectivity index (χ0n) is 11.8. The number of aromatic nitrogens is 3. The third kappa shape index (κ3) is 3.12. The molecule has 2 heterocycles. The van der Waals surface area contributed by atoms with E-state index in [9.17, 15) is 9.90 Å². The second-order valence-corrected chi connectivity index (χ2v) is 6.20. The van der Waals surface area contributed by atoms with E-state index in [1.165, 1.54) is 0 Å². The molecule has 1 unspecified atom stereocenters. The molecule has 1 fully saturated rings. The van der Waals surface area contributed by atoms with Crippen LogP contribution in [0.4, 0.5) is 0 Å². The number of hydrogen-bond acceptors (Lipinski definition) is 4. The van der Waals surface area contributed by atoms with Crippen LogP contribution in [0.5, 0.6) is 0 Å². The van der Waals surface area contributed by atoms with E-state index in [-0.39, 0.29) is 29.7 Å². The highest BCUT2D eigenvalue weighted by Gasteiger charge is 2.28. The number of aliphatic hydroxyl groups is 1. The molecule has 0 radical (unpaired) electrons. The van der Waals surface area contributed by atoms with E-state index in [1.807, 2.05) is 20.8 Å². The van der Waals surface area contributed by atoms with Gasteiger partial charge in [-0.3, -0.25) is 9.89 Å². The van der Waals surface area contributed by atoms with Crippen molar-refractivity contribution >= 4 is 5.91 Å². The molecular weight excluding hydrogens is 244 g/mol. The normalized spacial score (nSPS) is 20.6. The highest BCUT2D eigenvalue weighted by atomic mass is 16.3. The molecule has 1 saturated heterocycles. The molecular formula is C13H22N4O2. The van der Waals surface area contributed by atoms with E-state index >= 15 is 0 Å². The Morgan fingerprint density at radius 1 is 1.53 bits per heavy atom. The maximum absolute atomic E-state index is 12.3. The van der Waals surface area contributed by atoms with Gasteiger partial charge in [-0.25, -0.2) is 4.98 Å². The Labute approximate surface area is 113 Å². The maximum Gasteiger partial charge on any atom is 0.293 e. The van der Waals surface area contributed by atoms with E-state index in [0.29, 0.717) is 18.9 Å². The molecule has 0 bridgehead atoms. The fourth-order valence-electron chi connectivity index (χ4n) is 2.23. The monoisotopic (exact) mass is 266 g/mol. The Balaban J connectivity index is 2.09. The zero-order chi connectivity index (χ0) is 14.0. The molecule has 1 aromatic heterocycles. The van der Waals surface area contributed by atoms with Crippen LogP contribution >= 0.6 is 0 Å². The van der Waals surface area contributed by atoms with Crippen molar-refractivity contribution in [2.45, 2.75) is 39.0 Å². The quantitative estimate of drug-likeness (QED) is 0.835. The third-order valence-corrected chi connectivity index (χ3v) is 3.45. The van der Waals surface area contributed by atoms with Gasteiger partial charge >= 0.3 is 0 Å². The number of carbonyl (C=O) groups excluding carboxylic acids is 1. The number of nitrogens with one attached hydrogen (secondary N) is 1. The highest BCUT2D eigenvalue weighted by molar-refractivity contribution is 5.90. The lowest BCUT2D eigenvalue weighted by atomic mass is 9.96. The van der Waals surface area contributed by atoms with Crippen LogP contribution in [-0.4, -0.2) is 50.8 Å². The van der Waals surface area contributed by atoms with Crippen LogP contribution in [0.2, 0.25) is 0 Å².